The van der Waals surface area contributed by atoms with Crippen molar-refractivity contribution in [1.82, 2.24) is 15.1 Å². The van der Waals surface area contributed by atoms with Crippen LogP contribution in [0.25, 0.3) is 0 Å². The lowest BCUT2D eigenvalue weighted by Gasteiger charge is -2.11. The van der Waals surface area contributed by atoms with E-state index >= 15 is 0 Å². The van der Waals surface area contributed by atoms with Crippen molar-refractivity contribution < 1.29 is 0 Å². The van der Waals surface area contributed by atoms with Crippen molar-refractivity contribution in [2.24, 2.45) is 7.05 Å². The number of thiocarbonyl (C=S) groups is 1. The van der Waals surface area contributed by atoms with Gasteiger partial charge in [-0.3, -0.25) is 4.68 Å². The molecule has 0 saturated heterocycles. The molecule has 4 nitrogen and oxygen atoms in total. The molecule has 0 bridgehead atoms. The van der Waals surface area contributed by atoms with Crippen molar-refractivity contribution in [3.8, 4) is 0 Å². The van der Waals surface area contributed by atoms with Gasteiger partial charge < -0.3 is 10.6 Å². The van der Waals surface area contributed by atoms with Crippen molar-refractivity contribution in [2.45, 2.75) is 39.7 Å². The fourth-order valence-electron chi connectivity index (χ4n) is 2.20. The number of benzene rings is 1. The molecule has 2 aromatic rings. The monoisotopic (exact) mass is 316 g/mol. The zero-order valence-electron chi connectivity index (χ0n) is 13.5. The van der Waals surface area contributed by atoms with Gasteiger partial charge in [0.15, 0.2) is 5.11 Å². The molecular weight excluding hydrogens is 292 g/mol. The summed E-state index contributed by atoms with van der Waals surface area (Å²) in [5.74, 6) is 0. The highest BCUT2D eigenvalue weighted by Gasteiger charge is 2.04. The van der Waals surface area contributed by atoms with Crippen molar-refractivity contribution in [3.63, 3.8) is 0 Å². The molecule has 5 heteroatoms. The van der Waals surface area contributed by atoms with E-state index in [0.29, 0.717) is 11.7 Å². The molecule has 0 unspecified atom stereocenters. The second-order valence-electron chi connectivity index (χ2n) is 5.49. The van der Waals surface area contributed by atoms with Crippen LogP contribution < -0.4 is 10.6 Å². The summed E-state index contributed by atoms with van der Waals surface area (Å²) < 4.78 is 1.86. The average molecular weight is 316 g/mol. The van der Waals surface area contributed by atoms with E-state index in [1.807, 2.05) is 17.9 Å². The molecule has 22 heavy (non-hydrogen) atoms. The van der Waals surface area contributed by atoms with E-state index in [9.17, 15) is 0 Å². The molecular formula is C17H24N4S. The molecule has 0 aliphatic heterocycles. The molecule has 0 aliphatic carbocycles. The molecule has 0 atom stereocenters. The number of aromatic nitrogens is 2. The first-order valence-corrected chi connectivity index (χ1v) is 8.12. The maximum atomic E-state index is 5.34. The molecule has 0 amide bonds. The minimum Gasteiger partial charge on any atom is -0.358 e. The van der Waals surface area contributed by atoms with Crippen LogP contribution in [0.2, 0.25) is 0 Å². The van der Waals surface area contributed by atoms with Crippen LogP contribution in [0.15, 0.2) is 30.5 Å². The van der Waals surface area contributed by atoms with Crippen LogP contribution in [-0.4, -0.2) is 14.9 Å². The van der Waals surface area contributed by atoms with Gasteiger partial charge in [0, 0.05) is 30.5 Å². The SMILES string of the molecule is CCCCc1ccc(NC(=S)NCc2cnn(C)c2C)cc1. The predicted octanol–water partition coefficient (Wildman–Crippen LogP) is 3.56. The zero-order chi connectivity index (χ0) is 15.9. The van der Waals surface area contributed by atoms with Crippen LogP contribution in [0.4, 0.5) is 5.69 Å². The van der Waals surface area contributed by atoms with Crippen LogP contribution in [0.3, 0.4) is 0 Å². The molecule has 1 heterocycles. The number of hydrogen-bond acceptors (Lipinski definition) is 2. The summed E-state index contributed by atoms with van der Waals surface area (Å²) in [6.07, 6.45) is 5.46. The number of anilines is 1. The Hall–Kier alpha value is -1.88. The Morgan fingerprint density at radius 1 is 1.27 bits per heavy atom. The molecule has 1 aromatic carbocycles. The summed E-state index contributed by atoms with van der Waals surface area (Å²) in [7, 11) is 1.94. The molecule has 0 aliphatic rings. The maximum absolute atomic E-state index is 5.34. The van der Waals surface area contributed by atoms with E-state index < -0.39 is 0 Å². The third kappa shape index (κ3) is 4.56. The molecule has 0 radical (unpaired) electrons. The van der Waals surface area contributed by atoms with E-state index in [1.165, 1.54) is 18.4 Å². The highest BCUT2D eigenvalue weighted by molar-refractivity contribution is 7.80. The first kappa shape index (κ1) is 16.5. The van der Waals surface area contributed by atoms with Crippen molar-refractivity contribution >= 4 is 23.0 Å². The maximum Gasteiger partial charge on any atom is 0.171 e. The Kier molecular flexibility index (Phi) is 5.95. The first-order valence-electron chi connectivity index (χ1n) is 7.71. The van der Waals surface area contributed by atoms with Crippen LogP contribution >= 0.6 is 12.2 Å². The van der Waals surface area contributed by atoms with E-state index in [4.69, 9.17) is 12.2 Å². The van der Waals surface area contributed by atoms with Crippen LogP contribution in [0.5, 0.6) is 0 Å². The fourth-order valence-corrected chi connectivity index (χ4v) is 2.39. The molecule has 118 valence electrons. The quantitative estimate of drug-likeness (QED) is 0.800. The van der Waals surface area contributed by atoms with E-state index in [-0.39, 0.29) is 0 Å². The Labute approximate surface area is 137 Å². The van der Waals surface area contributed by atoms with E-state index in [0.717, 1.165) is 23.4 Å². The minimum absolute atomic E-state index is 0.629. The summed E-state index contributed by atoms with van der Waals surface area (Å²) in [5.41, 5.74) is 4.69. The van der Waals surface area contributed by atoms with Gasteiger partial charge in [-0.2, -0.15) is 5.10 Å². The summed E-state index contributed by atoms with van der Waals surface area (Å²) in [6.45, 7) is 4.94. The lowest BCUT2D eigenvalue weighted by atomic mass is 10.1. The summed E-state index contributed by atoms with van der Waals surface area (Å²) in [5, 5.41) is 11.3. The van der Waals surface area contributed by atoms with Gasteiger partial charge in [0.05, 0.1) is 6.20 Å². The van der Waals surface area contributed by atoms with Crippen LogP contribution in [-0.2, 0) is 20.0 Å². The molecule has 0 saturated carbocycles. The second-order valence-corrected chi connectivity index (χ2v) is 5.90. The normalized spacial score (nSPS) is 10.5. The molecule has 2 N–H and O–H groups in total. The molecule has 0 fully saturated rings. The number of nitrogens with one attached hydrogen (secondary N) is 2. The number of nitrogens with zero attached hydrogens (tertiary/aromatic N) is 2. The topological polar surface area (TPSA) is 41.9 Å². The van der Waals surface area contributed by atoms with Gasteiger partial charge in [-0.1, -0.05) is 25.5 Å². The Bertz CT molecular complexity index is 616. The Morgan fingerprint density at radius 2 is 2.00 bits per heavy atom. The van der Waals surface area contributed by atoms with Crippen molar-refractivity contribution in [2.75, 3.05) is 5.32 Å². The number of hydrogen-bond donors (Lipinski definition) is 2. The Morgan fingerprint density at radius 3 is 2.59 bits per heavy atom. The van der Waals surface area contributed by atoms with Gasteiger partial charge in [0.25, 0.3) is 0 Å². The van der Waals surface area contributed by atoms with Gasteiger partial charge in [0.2, 0.25) is 0 Å². The molecule has 0 spiro atoms. The lowest BCUT2D eigenvalue weighted by Crippen LogP contribution is -2.28. The number of aryl methyl sites for hydroxylation is 2. The number of rotatable bonds is 6. The lowest BCUT2D eigenvalue weighted by molar-refractivity contribution is 0.736. The smallest absolute Gasteiger partial charge is 0.171 e. The number of unbranched alkanes of at least 4 members (excludes halogenated alkanes) is 1. The van der Waals surface area contributed by atoms with Gasteiger partial charge in [-0.25, -0.2) is 0 Å². The minimum atomic E-state index is 0.629. The average Bonchev–Trinajstić information content (AvgIpc) is 2.84. The molecule has 1 aromatic heterocycles. The standard InChI is InChI=1S/C17H24N4S/c1-4-5-6-14-7-9-16(10-8-14)20-17(22)18-11-15-12-19-21(3)13(15)2/h7-10,12H,4-6,11H2,1-3H3,(H2,18,20,22). The predicted molar refractivity (Wildman–Crippen MR) is 96.1 cm³/mol. The summed E-state index contributed by atoms with van der Waals surface area (Å²) in [4.78, 5) is 0. The second kappa shape index (κ2) is 7.94. The summed E-state index contributed by atoms with van der Waals surface area (Å²) >= 11 is 5.34. The zero-order valence-corrected chi connectivity index (χ0v) is 14.3. The van der Waals surface area contributed by atoms with Gasteiger partial charge in [0.1, 0.15) is 0 Å². The van der Waals surface area contributed by atoms with Crippen LogP contribution in [0, 0.1) is 6.92 Å². The van der Waals surface area contributed by atoms with Gasteiger partial charge in [-0.05, 0) is 49.7 Å². The van der Waals surface area contributed by atoms with Crippen molar-refractivity contribution in [3.05, 3.63) is 47.3 Å². The Balaban J connectivity index is 1.82. The largest absolute Gasteiger partial charge is 0.358 e. The van der Waals surface area contributed by atoms with Crippen molar-refractivity contribution in [1.29, 1.82) is 0 Å². The van der Waals surface area contributed by atoms with Gasteiger partial charge in [-0.15, -0.1) is 0 Å². The van der Waals surface area contributed by atoms with E-state index in [1.54, 1.807) is 0 Å². The highest BCUT2D eigenvalue weighted by Crippen LogP contribution is 2.12. The van der Waals surface area contributed by atoms with Gasteiger partial charge >= 0.3 is 0 Å². The third-order valence-electron chi connectivity index (χ3n) is 3.81. The van der Waals surface area contributed by atoms with E-state index in [2.05, 4.69) is 53.8 Å². The third-order valence-corrected chi connectivity index (χ3v) is 4.05. The fraction of sp³-hybridized carbons (Fsp3) is 0.412. The highest BCUT2D eigenvalue weighted by atomic mass is 32.1. The molecule has 2 rings (SSSR count). The first-order chi connectivity index (χ1) is 10.6. The van der Waals surface area contributed by atoms with Crippen LogP contribution in [0.1, 0.15) is 36.6 Å². The summed E-state index contributed by atoms with van der Waals surface area (Å²) in [6, 6.07) is 8.47.